The Morgan fingerprint density at radius 2 is 2.23 bits per heavy atom. The number of amides is 2. The van der Waals surface area contributed by atoms with Gasteiger partial charge in [0.15, 0.2) is 0 Å². The quantitative estimate of drug-likeness (QED) is 0.374. The number of nitrogens with zero attached hydrogens (tertiary/aromatic N) is 1. The van der Waals surface area contributed by atoms with Gasteiger partial charge in [-0.2, -0.15) is 0 Å². The molecule has 1 aromatic rings. The van der Waals surface area contributed by atoms with E-state index in [0.29, 0.717) is 5.69 Å². The minimum absolute atomic E-state index is 0. The summed E-state index contributed by atoms with van der Waals surface area (Å²) in [4.78, 5) is 40.0. The first-order valence-corrected chi connectivity index (χ1v) is 6.23. The molecule has 0 fully saturated rings. The summed E-state index contributed by atoms with van der Waals surface area (Å²) in [7, 11) is 0. The van der Waals surface area contributed by atoms with Gasteiger partial charge in [-0.25, -0.2) is 9.78 Å². The van der Waals surface area contributed by atoms with Gasteiger partial charge in [0, 0.05) is 56.9 Å². The van der Waals surface area contributed by atoms with Crippen molar-refractivity contribution in [3.05, 3.63) is 34.8 Å². The van der Waals surface area contributed by atoms with E-state index < -0.39 is 12.0 Å². The van der Waals surface area contributed by atoms with Crippen LogP contribution in [0, 0.1) is 18.9 Å². The Hall–Kier alpha value is -1.54. The Morgan fingerprint density at radius 1 is 1.55 bits per heavy atom. The number of urea groups is 1. The van der Waals surface area contributed by atoms with Crippen molar-refractivity contribution in [2.24, 2.45) is 5.92 Å². The molecule has 1 heterocycles. The van der Waals surface area contributed by atoms with Gasteiger partial charge >= 0.3 is 6.03 Å². The molecule has 117 valence electrons. The Morgan fingerprint density at radius 3 is 2.82 bits per heavy atom. The van der Waals surface area contributed by atoms with Crippen molar-refractivity contribution in [3.63, 3.8) is 0 Å². The molecular weight excluding hydrogens is 365 g/mol. The molecule has 1 rings (SSSR count). The molecule has 2 amide bonds. The van der Waals surface area contributed by atoms with Gasteiger partial charge in [0.2, 0.25) is 5.95 Å². The van der Waals surface area contributed by atoms with Gasteiger partial charge < -0.3 is 16.1 Å². The number of nitrogens with one attached hydrogen (secondary N) is 3. The molecule has 0 aromatic carbocycles. The average molecular weight is 382 g/mol. The maximum Gasteiger partial charge on any atom is 0.321 e. The molecule has 0 saturated carbocycles. The van der Waals surface area contributed by atoms with Crippen molar-refractivity contribution in [2.75, 3.05) is 18.5 Å². The summed E-state index contributed by atoms with van der Waals surface area (Å²) in [5.74, 6) is -0.650. The molecule has 1 aromatic heterocycles. The van der Waals surface area contributed by atoms with Gasteiger partial charge in [0.1, 0.15) is 5.97 Å². The van der Waals surface area contributed by atoms with Crippen LogP contribution in [0.3, 0.4) is 0 Å². The second-order valence-electron chi connectivity index (χ2n) is 4.45. The topological polar surface area (TPSA) is 113 Å². The van der Waals surface area contributed by atoms with E-state index in [4.69, 9.17) is 4.74 Å². The van der Waals surface area contributed by atoms with E-state index in [1.165, 1.54) is 6.07 Å². The molecule has 0 saturated heterocycles. The van der Waals surface area contributed by atoms with Crippen LogP contribution in [0.4, 0.5) is 10.7 Å². The number of aromatic amines is 1. The molecule has 0 aliphatic heterocycles. The third-order valence-corrected chi connectivity index (χ3v) is 2.36. The first kappa shape index (κ1) is 20.5. The predicted octanol–water partition coefficient (Wildman–Crippen LogP) is 0.366. The molecule has 0 bridgehead atoms. The summed E-state index contributed by atoms with van der Waals surface area (Å²) < 4.78 is 4.79. The summed E-state index contributed by atoms with van der Waals surface area (Å²) in [6, 6.07) is 0.799. The number of carbonyl (C=O) groups is 2. The molecule has 0 aliphatic rings. The number of hydrogen-bond donors (Lipinski definition) is 3. The second kappa shape index (κ2) is 10.2. The van der Waals surface area contributed by atoms with Crippen molar-refractivity contribution >= 4 is 17.9 Å². The average Bonchev–Trinajstić information content (AvgIpc) is 2.41. The number of H-pyrrole nitrogens is 1. The Bertz CT molecular complexity index is 588. The number of rotatable bonds is 6. The van der Waals surface area contributed by atoms with Gasteiger partial charge in [-0.05, 0) is 6.92 Å². The molecule has 1 unspecified atom stereocenters. The Labute approximate surface area is 153 Å². The first-order chi connectivity index (χ1) is 9.90. The van der Waals surface area contributed by atoms with E-state index in [1.807, 2.05) is 0 Å². The normalized spacial score (nSPS) is 10.8. The Balaban J connectivity index is 0.00000441. The van der Waals surface area contributed by atoms with Gasteiger partial charge in [-0.1, -0.05) is 6.92 Å². The van der Waals surface area contributed by atoms with Crippen LogP contribution in [-0.2, 0) is 42.2 Å². The Kier molecular flexibility index (Phi) is 9.52. The van der Waals surface area contributed by atoms with E-state index in [-0.39, 0.29) is 63.3 Å². The van der Waals surface area contributed by atoms with E-state index in [2.05, 4.69) is 33.3 Å². The number of carbonyl (C=O) groups excluding carboxylic acids is 2. The zero-order valence-corrected chi connectivity index (χ0v) is 15.3. The molecule has 22 heavy (non-hydrogen) atoms. The van der Waals surface area contributed by atoms with Crippen LogP contribution in [0.1, 0.15) is 12.6 Å². The van der Waals surface area contributed by atoms with E-state index in [9.17, 15) is 14.4 Å². The fraction of sp³-hybridized carbons (Fsp3) is 0.385. The SMILES string of the molecule is C=[C-]C(=O)OCC(C)CNC(=O)Nc1nc(C)cc(=O)[nH]1.[Y]. The summed E-state index contributed by atoms with van der Waals surface area (Å²) >= 11 is 0. The molecule has 0 spiro atoms. The number of esters is 1. The van der Waals surface area contributed by atoms with Gasteiger partial charge in [0.25, 0.3) is 5.56 Å². The fourth-order valence-corrected chi connectivity index (χ4v) is 1.38. The predicted molar refractivity (Wildman–Crippen MR) is 75.6 cm³/mol. The van der Waals surface area contributed by atoms with E-state index in [0.717, 1.165) is 0 Å². The summed E-state index contributed by atoms with van der Waals surface area (Å²) in [6.07, 6.45) is 2.08. The maximum atomic E-state index is 11.6. The fourth-order valence-electron chi connectivity index (χ4n) is 1.38. The standard InChI is InChI=1S/C13H17N4O4.Y/c1-4-11(19)21-7-8(2)6-14-13(20)17-12-15-9(3)5-10(18)16-12;/h5,8H,1,6-7H2,2-3H3,(H3,14,15,16,17,18,20);/q-1;. The van der Waals surface area contributed by atoms with Crippen molar-refractivity contribution < 1.29 is 47.0 Å². The third-order valence-electron chi connectivity index (χ3n) is 2.36. The smallest absolute Gasteiger partial charge is 0.321 e. The molecule has 1 atom stereocenters. The largest absolute Gasteiger partial charge is 0.490 e. The summed E-state index contributed by atoms with van der Waals surface area (Å²) in [5.41, 5.74) is 0.147. The minimum atomic E-state index is -0.632. The molecule has 9 heteroatoms. The van der Waals surface area contributed by atoms with Crippen molar-refractivity contribution in [1.29, 1.82) is 0 Å². The maximum absolute atomic E-state index is 11.6. The summed E-state index contributed by atoms with van der Waals surface area (Å²) in [6.45, 7) is 7.02. The number of ether oxygens (including phenoxy) is 1. The second-order valence-corrected chi connectivity index (χ2v) is 4.45. The summed E-state index contributed by atoms with van der Waals surface area (Å²) in [5, 5.41) is 4.98. The van der Waals surface area contributed by atoms with E-state index in [1.54, 1.807) is 13.8 Å². The monoisotopic (exact) mass is 382 g/mol. The number of aromatic nitrogens is 2. The van der Waals surface area contributed by atoms with Crippen LogP contribution in [0.5, 0.6) is 0 Å². The van der Waals surface area contributed by atoms with Crippen LogP contribution in [0.25, 0.3) is 0 Å². The van der Waals surface area contributed by atoms with Crippen LogP contribution >= 0.6 is 0 Å². The van der Waals surface area contributed by atoms with Gasteiger partial charge in [-0.3, -0.25) is 26.5 Å². The molecular formula is C13H17N4O4Y-. The molecule has 8 nitrogen and oxygen atoms in total. The zero-order valence-electron chi connectivity index (χ0n) is 12.4. The number of anilines is 1. The minimum Gasteiger partial charge on any atom is -0.490 e. The van der Waals surface area contributed by atoms with Crippen molar-refractivity contribution in [2.45, 2.75) is 13.8 Å². The van der Waals surface area contributed by atoms with E-state index >= 15 is 0 Å². The van der Waals surface area contributed by atoms with Gasteiger partial charge in [0.05, 0.1) is 6.61 Å². The van der Waals surface area contributed by atoms with Gasteiger partial charge in [-0.15, -0.1) is 0 Å². The van der Waals surface area contributed by atoms with Crippen LogP contribution < -0.4 is 16.2 Å². The molecule has 3 N–H and O–H groups in total. The van der Waals surface area contributed by atoms with Crippen LogP contribution in [-0.4, -0.2) is 35.1 Å². The van der Waals surface area contributed by atoms with Crippen molar-refractivity contribution in [3.8, 4) is 0 Å². The zero-order chi connectivity index (χ0) is 15.8. The first-order valence-electron chi connectivity index (χ1n) is 6.23. The third kappa shape index (κ3) is 8.04. The number of hydrogen-bond acceptors (Lipinski definition) is 5. The number of aryl methyl sites for hydroxylation is 1. The van der Waals surface area contributed by atoms with Crippen LogP contribution in [0.2, 0.25) is 0 Å². The molecule has 0 aliphatic carbocycles. The molecule has 1 radical (unpaired) electrons. The van der Waals surface area contributed by atoms with Crippen molar-refractivity contribution in [1.82, 2.24) is 15.3 Å². The van der Waals surface area contributed by atoms with Crippen LogP contribution in [0.15, 0.2) is 17.4 Å².